The van der Waals surface area contributed by atoms with E-state index in [9.17, 15) is 0 Å². The zero-order valence-corrected chi connectivity index (χ0v) is 40.7. The van der Waals surface area contributed by atoms with Crippen LogP contribution in [0.15, 0.2) is 213 Å². The monoisotopic (exact) mass is 966 g/mol. The van der Waals surface area contributed by atoms with Crippen molar-refractivity contribution in [3.05, 3.63) is 217 Å². The molecule has 0 saturated heterocycles. The van der Waals surface area contributed by atoms with E-state index in [0.717, 1.165) is 123 Å². The number of benzene rings is 11. The van der Waals surface area contributed by atoms with E-state index in [2.05, 4.69) is 200 Å². The molecule has 5 aromatic heterocycles. The maximum atomic E-state index is 7.99. The van der Waals surface area contributed by atoms with Crippen LogP contribution >= 0.6 is 22.7 Å². The van der Waals surface area contributed by atoms with Crippen molar-refractivity contribution in [2.75, 3.05) is 0 Å². The molecule has 0 radical (unpaired) electrons. The Kier molecular flexibility index (Phi) is 8.15. The van der Waals surface area contributed by atoms with Crippen LogP contribution in [-0.4, -0.2) is 0 Å². The summed E-state index contributed by atoms with van der Waals surface area (Å²) < 4.78 is 26.0. The molecular formula is C68H38O3S2. The van der Waals surface area contributed by atoms with Crippen LogP contribution in [-0.2, 0) is 6.42 Å². The molecule has 0 bridgehead atoms. The van der Waals surface area contributed by atoms with E-state index in [4.69, 9.17) is 13.3 Å². The van der Waals surface area contributed by atoms with E-state index < -0.39 is 0 Å². The van der Waals surface area contributed by atoms with Gasteiger partial charge in [-0.3, -0.25) is 0 Å². The smallest absolute Gasteiger partial charge is 0.143 e. The number of allylic oxidation sites excluding steroid dienone is 1. The molecule has 1 aliphatic rings. The van der Waals surface area contributed by atoms with Gasteiger partial charge in [0.25, 0.3) is 0 Å². The Morgan fingerprint density at radius 1 is 0.301 bits per heavy atom. The second-order valence-corrected chi connectivity index (χ2v) is 21.9. The average molecular weight is 967 g/mol. The maximum Gasteiger partial charge on any atom is 0.143 e. The van der Waals surface area contributed by atoms with Gasteiger partial charge in [-0.15, -0.1) is 22.7 Å². The molecule has 5 heterocycles. The van der Waals surface area contributed by atoms with Crippen molar-refractivity contribution in [1.29, 1.82) is 0 Å². The maximum absolute atomic E-state index is 7.99. The van der Waals surface area contributed by atoms with Crippen LogP contribution in [0.25, 0.3) is 162 Å². The number of thiophene rings is 2. The van der Waals surface area contributed by atoms with Crippen molar-refractivity contribution < 1.29 is 13.3 Å². The van der Waals surface area contributed by atoms with Gasteiger partial charge < -0.3 is 13.3 Å². The van der Waals surface area contributed by atoms with Crippen LogP contribution in [0.2, 0.25) is 0 Å². The van der Waals surface area contributed by atoms with Crippen molar-refractivity contribution in [2.45, 2.75) is 12.8 Å². The summed E-state index contributed by atoms with van der Waals surface area (Å²) in [5, 5.41) is 15.3. The number of para-hydroxylation sites is 2. The van der Waals surface area contributed by atoms with E-state index in [0.29, 0.717) is 0 Å². The summed E-state index contributed by atoms with van der Waals surface area (Å²) in [7, 11) is 0. The molecule has 0 saturated carbocycles. The first-order chi connectivity index (χ1) is 36.1. The second-order valence-electron chi connectivity index (χ2n) is 19.7. The Bertz CT molecular complexity index is 5100. The number of rotatable bonds is 4. The van der Waals surface area contributed by atoms with Gasteiger partial charge in [-0.05, 0) is 140 Å². The lowest BCUT2D eigenvalue weighted by Crippen LogP contribution is -1.98. The fourth-order valence-electron chi connectivity index (χ4n) is 12.4. The number of fused-ring (bicyclic) bond motifs is 13. The predicted octanol–water partition coefficient (Wildman–Crippen LogP) is 20.8. The van der Waals surface area contributed by atoms with Gasteiger partial charge in [0, 0.05) is 90.4 Å². The minimum Gasteiger partial charge on any atom is -0.460 e. The topological polar surface area (TPSA) is 39.4 Å². The van der Waals surface area contributed by atoms with Crippen LogP contribution in [0, 0.1) is 0 Å². The minimum atomic E-state index is 0.832. The first-order valence-corrected chi connectivity index (χ1v) is 26.6. The Hall–Kier alpha value is -8.74. The highest BCUT2D eigenvalue weighted by Gasteiger charge is 2.26. The molecule has 0 atom stereocenters. The number of furan rings is 2. The summed E-state index contributed by atoms with van der Waals surface area (Å²) in [6, 6.07) is 73.6. The third kappa shape index (κ3) is 5.75. The molecular weight excluding hydrogens is 929 g/mol. The summed E-state index contributed by atoms with van der Waals surface area (Å²) in [6.07, 6.45) is 4.09. The molecule has 3 nitrogen and oxygen atoms in total. The van der Waals surface area contributed by atoms with Gasteiger partial charge in [-0.2, -0.15) is 0 Å². The Balaban J connectivity index is 1.03. The lowest BCUT2D eigenvalue weighted by atomic mass is 9.85. The van der Waals surface area contributed by atoms with Crippen molar-refractivity contribution >= 4 is 151 Å². The molecule has 1 aliphatic carbocycles. The largest absolute Gasteiger partial charge is 0.460 e. The van der Waals surface area contributed by atoms with Gasteiger partial charge in [0.15, 0.2) is 0 Å². The molecule has 0 aliphatic heterocycles. The molecule has 0 amide bonds. The second kappa shape index (κ2) is 14.9. The van der Waals surface area contributed by atoms with Gasteiger partial charge >= 0.3 is 0 Å². The van der Waals surface area contributed by atoms with E-state index in [1.807, 2.05) is 28.7 Å². The van der Waals surface area contributed by atoms with Crippen LogP contribution in [0.4, 0.5) is 0 Å². The van der Waals surface area contributed by atoms with Crippen LogP contribution in [0.5, 0.6) is 0 Å². The van der Waals surface area contributed by atoms with E-state index in [1.165, 1.54) is 62.4 Å². The van der Waals surface area contributed by atoms with E-state index >= 15 is 0 Å². The molecule has 0 N–H and O–H groups in total. The molecule has 16 aromatic rings. The molecule has 0 fully saturated rings. The summed E-state index contributed by atoms with van der Waals surface area (Å²) in [6.45, 7) is 0. The van der Waals surface area contributed by atoms with E-state index in [1.54, 1.807) is 0 Å². The normalized spacial score (nSPS) is 13.2. The minimum absolute atomic E-state index is 0.832. The lowest BCUT2D eigenvalue weighted by molar-refractivity contribution is 0.548. The molecule has 0 unspecified atom stereocenters. The van der Waals surface area contributed by atoms with Gasteiger partial charge in [0.2, 0.25) is 0 Å². The molecule has 73 heavy (non-hydrogen) atoms. The van der Waals surface area contributed by atoms with Gasteiger partial charge in [-0.25, -0.2) is 0 Å². The zero-order valence-electron chi connectivity index (χ0n) is 39.1. The van der Waals surface area contributed by atoms with Gasteiger partial charge in [0.1, 0.15) is 33.7 Å². The summed E-state index contributed by atoms with van der Waals surface area (Å²) >= 11 is 3.70. The Morgan fingerprint density at radius 2 is 0.781 bits per heavy atom. The highest BCUT2D eigenvalue weighted by Crippen LogP contribution is 2.50. The molecule has 340 valence electrons. The fourth-order valence-corrected chi connectivity index (χ4v) is 14.6. The quantitative estimate of drug-likeness (QED) is 0.176. The molecule has 5 heteroatoms. The van der Waals surface area contributed by atoms with E-state index in [-0.39, 0.29) is 0 Å². The molecule has 17 rings (SSSR count). The zero-order chi connectivity index (χ0) is 47.5. The first-order valence-electron chi connectivity index (χ1n) is 25.0. The summed E-state index contributed by atoms with van der Waals surface area (Å²) in [5.74, 6) is 1.06. The third-order valence-electron chi connectivity index (χ3n) is 15.8. The third-order valence-corrected chi connectivity index (χ3v) is 18.1. The fraction of sp³-hybridized carbons (Fsp3) is 0.0294. The number of aryl methyl sites for hydroxylation is 1. The van der Waals surface area contributed by atoms with Crippen molar-refractivity contribution in [3.8, 4) is 33.4 Å². The number of hydrogen-bond donors (Lipinski definition) is 0. The van der Waals surface area contributed by atoms with Gasteiger partial charge in [0.05, 0.1) is 0 Å². The summed E-state index contributed by atoms with van der Waals surface area (Å²) in [5.41, 5.74) is 14.8. The first kappa shape index (κ1) is 39.9. The Labute approximate surface area is 425 Å². The van der Waals surface area contributed by atoms with Crippen LogP contribution < -0.4 is 0 Å². The predicted molar refractivity (Wildman–Crippen MR) is 311 cm³/mol. The lowest BCUT2D eigenvalue weighted by Gasteiger charge is -2.18. The van der Waals surface area contributed by atoms with Crippen LogP contribution in [0.3, 0.4) is 0 Å². The molecule has 11 aromatic carbocycles. The van der Waals surface area contributed by atoms with Crippen molar-refractivity contribution in [1.82, 2.24) is 0 Å². The summed E-state index contributed by atoms with van der Waals surface area (Å²) in [4.78, 5) is 0. The average Bonchev–Trinajstić information content (AvgIpc) is 4.21. The SMILES string of the molecule is C1=C(c2cc(-c3ccc4sc5ccccc5c4c3)c3oc4c(-c5ccc6sc7ccccc7c6c5)cc(-c5ccc6oc7ccccc7c6c5)c5cccc(c6cccc2c36)c54)CCc2oc3ccccc3c21. The standard InChI is InChI=1S/C68H38O3S2/c1-5-19-57-41(11-1)53-31-37(23-27-59(53)69-57)49-35-51(39-25-29-63-55(33-39)43-13-3-7-21-61(43)72-63)67-65-45(15-9-17-47(49)65)46-16-10-18-48-50(38-24-28-60-54(32-38)42-12-2-6-20-58(42)70-60)36-52(68(71-67)66(46)48)40-26-30-64-56(34-40)44-14-4-8-22-62(44)73-64/h1-23,25-27,29-36H,24,28H2. The highest BCUT2D eigenvalue weighted by atomic mass is 32.1. The van der Waals surface area contributed by atoms with Crippen LogP contribution in [0.1, 0.15) is 23.3 Å². The van der Waals surface area contributed by atoms with Crippen molar-refractivity contribution in [2.24, 2.45) is 0 Å². The Morgan fingerprint density at radius 3 is 1.45 bits per heavy atom. The molecule has 0 spiro atoms. The van der Waals surface area contributed by atoms with Crippen molar-refractivity contribution in [3.63, 3.8) is 0 Å². The van der Waals surface area contributed by atoms with Gasteiger partial charge in [-0.1, -0.05) is 127 Å². The highest BCUT2D eigenvalue weighted by molar-refractivity contribution is 7.26. The number of hydrogen-bond acceptors (Lipinski definition) is 5.